The molecule has 0 bridgehead atoms. The predicted octanol–water partition coefficient (Wildman–Crippen LogP) is 3.68. The van der Waals surface area contributed by atoms with Crippen LogP contribution in [0.5, 0.6) is 5.75 Å². The molecule has 19 heavy (non-hydrogen) atoms. The van der Waals surface area contributed by atoms with E-state index in [1.807, 2.05) is 18.2 Å². The van der Waals surface area contributed by atoms with Gasteiger partial charge in [-0.2, -0.15) is 0 Å². The van der Waals surface area contributed by atoms with Gasteiger partial charge in [0, 0.05) is 4.47 Å². The van der Waals surface area contributed by atoms with Gasteiger partial charge in [0.25, 0.3) is 0 Å². The summed E-state index contributed by atoms with van der Waals surface area (Å²) in [4.78, 5) is 16.5. The Kier molecular flexibility index (Phi) is 4.21. The van der Waals surface area contributed by atoms with Crippen LogP contribution in [-0.4, -0.2) is 25.2 Å². The summed E-state index contributed by atoms with van der Waals surface area (Å²) in [5, 5.41) is 0.732. The molecule has 0 aliphatic heterocycles. The van der Waals surface area contributed by atoms with E-state index >= 15 is 0 Å². The molecule has 0 unspecified atom stereocenters. The summed E-state index contributed by atoms with van der Waals surface area (Å²) in [5.74, 6) is 0.351. The van der Waals surface area contributed by atoms with E-state index in [1.165, 1.54) is 18.4 Å². The molecule has 1 aromatic carbocycles. The molecule has 0 saturated carbocycles. The van der Waals surface area contributed by atoms with Crippen LogP contribution in [0.4, 0.5) is 0 Å². The van der Waals surface area contributed by atoms with Crippen LogP contribution in [0.25, 0.3) is 10.6 Å². The lowest BCUT2D eigenvalue weighted by Gasteiger charge is -2.05. The zero-order valence-electron chi connectivity index (χ0n) is 10.7. The molecule has 0 amide bonds. The van der Waals surface area contributed by atoms with Crippen LogP contribution >= 0.6 is 27.3 Å². The summed E-state index contributed by atoms with van der Waals surface area (Å²) in [7, 11) is 2.97. The van der Waals surface area contributed by atoms with Gasteiger partial charge >= 0.3 is 5.97 Å². The molecule has 0 radical (unpaired) electrons. The van der Waals surface area contributed by atoms with Gasteiger partial charge in [0.1, 0.15) is 15.6 Å². The molecule has 0 aliphatic carbocycles. The van der Waals surface area contributed by atoms with Crippen molar-refractivity contribution in [3.8, 4) is 16.3 Å². The van der Waals surface area contributed by atoms with E-state index in [0.717, 1.165) is 15.0 Å². The molecule has 0 N–H and O–H groups in total. The molecule has 2 aromatic rings. The van der Waals surface area contributed by atoms with Gasteiger partial charge in [-0.25, -0.2) is 9.78 Å². The number of aromatic nitrogens is 1. The number of ether oxygens (including phenoxy) is 2. The van der Waals surface area contributed by atoms with Gasteiger partial charge in [0.05, 0.1) is 25.5 Å². The molecule has 2 rings (SSSR count). The van der Waals surface area contributed by atoms with Crippen LogP contribution < -0.4 is 4.74 Å². The SMILES string of the molecule is COC(=O)c1sc(-c2cc(Br)ccc2OC)nc1C. The minimum atomic E-state index is -0.366. The number of carbonyl (C=O) groups excluding carboxylic acids is 1. The van der Waals surface area contributed by atoms with Gasteiger partial charge < -0.3 is 9.47 Å². The fraction of sp³-hybridized carbons (Fsp3) is 0.231. The number of carbonyl (C=O) groups is 1. The highest BCUT2D eigenvalue weighted by Gasteiger charge is 2.18. The maximum absolute atomic E-state index is 11.6. The first-order chi connectivity index (χ1) is 9.06. The summed E-state index contributed by atoms with van der Waals surface area (Å²) >= 11 is 4.72. The van der Waals surface area contributed by atoms with E-state index in [4.69, 9.17) is 9.47 Å². The minimum absolute atomic E-state index is 0.366. The smallest absolute Gasteiger partial charge is 0.349 e. The lowest BCUT2D eigenvalue weighted by Crippen LogP contribution is -1.99. The Bertz CT molecular complexity index is 624. The van der Waals surface area contributed by atoms with Crippen molar-refractivity contribution >= 4 is 33.2 Å². The Balaban J connectivity index is 2.53. The Hall–Kier alpha value is -1.40. The number of aryl methyl sites for hydroxylation is 1. The van der Waals surface area contributed by atoms with Gasteiger partial charge in [0.2, 0.25) is 0 Å². The monoisotopic (exact) mass is 341 g/mol. The third-order valence-electron chi connectivity index (χ3n) is 2.56. The van der Waals surface area contributed by atoms with E-state index in [2.05, 4.69) is 20.9 Å². The van der Waals surface area contributed by atoms with Gasteiger partial charge in [-0.05, 0) is 25.1 Å². The van der Waals surface area contributed by atoms with Crippen molar-refractivity contribution in [2.75, 3.05) is 14.2 Å². The average molecular weight is 342 g/mol. The summed E-state index contributed by atoms with van der Waals surface area (Å²) in [5.41, 5.74) is 1.51. The second-order valence-corrected chi connectivity index (χ2v) is 5.68. The van der Waals surface area contributed by atoms with Crippen molar-refractivity contribution in [3.05, 3.63) is 33.2 Å². The minimum Gasteiger partial charge on any atom is -0.496 e. The molecule has 0 spiro atoms. The van der Waals surface area contributed by atoms with Gasteiger partial charge in [-0.3, -0.25) is 0 Å². The molecule has 4 nitrogen and oxygen atoms in total. The highest BCUT2D eigenvalue weighted by atomic mass is 79.9. The second-order valence-electron chi connectivity index (χ2n) is 3.77. The van der Waals surface area contributed by atoms with Crippen LogP contribution in [0.3, 0.4) is 0 Å². The largest absolute Gasteiger partial charge is 0.496 e. The van der Waals surface area contributed by atoms with E-state index in [9.17, 15) is 4.79 Å². The Morgan fingerprint density at radius 3 is 2.74 bits per heavy atom. The first kappa shape index (κ1) is 14.0. The lowest BCUT2D eigenvalue weighted by molar-refractivity contribution is 0.0605. The standard InChI is InChI=1S/C13H12BrNO3S/c1-7-11(13(16)18-3)19-12(15-7)9-6-8(14)4-5-10(9)17-2/h4-6H,1-3H3. The number of halogens is 1. The van der Waals surface area contributed by atoms with Gasteiger partial charge in [-0.1, -0.05) is 15.9 Å². The van der Waals surface area contributed by atoms with Crippen LogP contribution in [0, 0.1) is 6.92 Å². The number of nitrogens with zero attached hydrogens (tertiary/aromatic N) is 1. The number of rotatable bonds is 3. The fourth-order valence-corrected chi connectivity index (χ4v) is 3.01. The summed E-state index contributed by atoms with van der Waals surface area (Å²) in [6, 6.07) is 5.66. The molecule has 0 aliphatic rings. The highest BCUT2D eigenvalue weighted by molar-refractivity contribution is 9.10. The molecule has 0 saturated heterocycles. The molecule has 1 heterocycles. The van der Waals surface area contributed by atoms with Crippen LogP contribution in [0.1, 0.15) is 15.4 Å². The normalized spacial score (nSPS) is 10.3. The number of hydrogen-bond acceptors (Lipinski definition) is 5. The Labute approximate surface area is 123 Å². The van der Waals surface area contributed by atoms with Gasteiger partial charge in [-0.15, -0.1) is 11.3 Å². The lowest BCUT2D eigenvalue weighted by atomic mass is 10.2. The molecular formula is C13H12BrNO3S. The average Bonchev–Trinajstić information content (AvgIpc) is 2.79. The van der Waals surface area contributed by atoms with Crippen LogP contribution in [0.15, 0.2) is 22.7 Å². The molecule has 0 fully saturated rings. The molecule has 0 atom stereocenters. The highest BCUT2D eigenvalue weighted by Crippen LogP contribution is 2.36. The van der Waals surface area contributed by atoms with Crippen molar-refractivity contribution in [2.24, 2.45) is 0 Å². The van der Waals surface area contributed by atoms with Crippen molar-refractivity contribution in [1.82, 2.24) is 4.98 Å². The molecule has 100 valence electrons. The van der Waals surface area contributed by atoms with Crippen molar-refractivity contribution in [1.29, 1.82) is 0 Å². The third-order valence-corrected chi connectivity index (χ3v) is 4.22. The Morgan fingerprint density at radius 1 is 1.37 bits per heavy atom. The summed E-state index contributed by atoms with van der Waals surface area (Å²) in [6.45, 7) is 1.79. The van der Waals surface area contributed by atoms with Crippen LogP contribution in [0.2, 0.25) is 0 Å². The third kappa shape index (κ3) is 2.79. The predicted molar refractivity (Wildman–Crippen MR) is 77.9 cm³/mol. The number of hydrogen-bond donors (Lipinski definition) is 0. The number of esters is 1. The van der Waals surface area contributed by atoms with Crippen molar-refractivity contribution in [2.45, 2.75) is 6.92 Å². The van der Waals surface area contributed by atoms with Crippen LogP contribution in [-0.2, 0) is 4.74 Å². The Morgan fingerprint density at radius 2 is 2.11 bits per heavy atom. The number of benzene rings is 1. The van der Waals surface area contributed by atoms with E-state index in [0.29, 0.717) is 16.3 Å². The second kappa shape index (κ2) is 5.71. The first-order valence-electron chi connectivity index (χ1n) is 5.46. The quantitative estimate of drug-likeness (QED) is 0.799. The summed E-state index contributed by atoms with van der Waals surface area (Å²) in [6.07, 6.45) is 0. The maximum atomic E-state index is 11.6. The first-order valence-corrected chi connectivity index (χ1v) is 7.07. The summed E-state index contributed by atoms with van der Waals surface area (Å²) < 4.78 is 11.0. The number of thiazole rings is 1. The molecular weight excluding hydrogens is 330 g/mol. The van der Waals surface area contributed by atoms with E-state index < -0.39 is 0 Å². The maximum Gasteiger partial charge on any atom is 0.349 e. The fourth-order valence-electron chi connectivity index (χ4n) is 1.64. The zero-order chi connectivity index (χ0) is 14.0. The van der Waals surface area contributed by atoms with Gasteiger partial charge in [0.15, 0.2) is 0 Å². The molecule has 6 heteroatoms. The zero-order valence-corrected chi connectivity index (χ0v) is 13.1. The molecule has 1 aromatic heterocycles. The van der Waals surface area contributed by atoms with E-state index in [1.54, 1.807) is 14.0 Å². The number of methoxy groups -OCH3 is 2. The van der Waals surface area contributed by atoms with Crippen molar-refractivity contribution < 1.29 is 14.3 Å². The topological polar surface area (TPSA) is 48.4 Å². The van der Waals surface area contributed by atoms with Crippen molar-refractivity contribution in [3.63, 3.8) is 0 Å². The van der Waals surface area contributed by atoms with E-state index in [-0.39, 0.29) is 5.97 Å².